The van der Waals surface area contributed by atoms with E-state index in [1.165, 1.54) is 11.8 Å². The maximum atomic E-state index is 8.33. The molecular formula is C8H5Cl2NS. The Morgan fingerprint density at radius 1 is 1.42 bits per heavy atom. The number of nitriles is 1. The summed E-state index contributed by atoms with van der Waals surface area (Å²) in [5, 5.41) is 9.55. The number of halogens is 2. The van der Waals surface area contributed by atoms with E-state index >= 15 is 0 Å². The first-order valence-corrected chi connectivity index (χ1v) is 4.93. The molecule has 0 N–H and O–H groups in total. The lowest BCUT2D eigenvalue weighted by molar-refractivity contribution is 1.45. The zero-order valence-electron chi connectivity index (χ0n) is 6.05. The van der Waals surface area contributed by atoms with E-state index in [2.05, 4.69) is 0 Å². The minimum Gasteiger partial charge on any atom is -0.197 e. The van der Waals surface area contributed by atoms with E-state index in [9.17, 15) is 0 Å². The number of hydrogen-bond acceptors (Lipinski definition) is 2. The monoisotopic (exact) mass is 217 g/mol. The second-order valence-electron chi connectivity index (χ2n) is 2.02. The summed E-state index contributed by atoms with van der Waals surface area (Å²) in [5.41, 5.74) is 0. The molecule has 0 heterocycles. The Balaban J connectivity index is 2.81. The zero-order valence-corrected chi connectivity index (χ0v) is 8.38. The summed E-state index contributed by atoms with van der Waals surface area (Å²) in [4.78, 5) is 0.891. The number of hydrogen-bond donors (Lipinski definition) is 0. The van der Waals surface area contributed by atoms with E-state index in [0.29, 0.717) is 15.8 Å². The van der Waals surface area contributed by atoms with Crippen LogP contribution in [0.1, 0.15) is 0 Å². The third kappa shape index (κ3) is 2.60. The maximum Gasteiger partial charge on any atom is 0.0855 e. The van der Waals surface area contributed by atoms with Gasteiger partial charge in [0.15, 0.2) is 0 Å². The van der Waals surface area contributed by atoms with E-state index in [0.717, 1.165) is 4.90 Å². The van der Waals surface area contributed by atoms with Crippen molar-refractivity contribution in [2.75, 3.05) is 5.75 Å². The fourth-order valence-corrected chi connectivity index (χ4v) is 1.86. The topological polar surface area (TPSA) is 23.8 Å². The molecule has 0 bridgehead atoms. The van der Waals surface area contributed by atoms with Gasteiger partial charge in [-0.3, -0.25) is 0 Å². The summed E-state index contributed by atoms with van der Waals surface area (Å²) in [6.45, 7) is 0. The van der Waals surface area contributed by atoms with E-state index in [4.69, 9.17) is 28.5 Å². The van der Waals surface area contributed by atoms with Gasteiger partial charge in [0.2, 0.25) is 0 Å². The number of thioether (sulfide) groups is 1. The van der Waals surface area contributed by atoms with Crippen LogP contribution in [0.2, 0.25) is 10.0 Å². The van der Waals surface area contributed by atoms with E-state index in [1.54, 1.807) is 12.1 Å². The fraction of sp³-hybridized carbons (Fsp3) is 0.125. The Morgan fingerprint density at radius 2 is 2.17 bits per heavy atom. The van der Waals surface area contributed by atoms with E-state index < -0.39 is 0 Å². The molecule has 0 aliphatic carbocycles. The Labute approximate surface area is 85.3 Å². The summed E-state index contributed by atoms with van der Waals surface area (Å²) in [6.07, 6.45) is 0. The summed E-state index contributed by atoms with van der Waals surface area (Å²) in [7, 11) is 0. The molecule has 0 fully saturated rings. The van der Waals surface area contributed by atoms with Gasteiger partial charge in [-0.25, -0.2) is 0 Å². The maximum absolute atomic E-state index is 8.33. The highest BCUT2D eigenvalue weighted by Crippen LogP contribution is 2.29. The van der Waals surface area contributed by atoms with Crippen molar-refractivity contribution in [2.24, 2.45) is 0 Å². The second-order valence-corrected chi connectivity index (χ2v) is 3.88. The van der Waals surface area contributed by atoms with E-state index in [-0.39, 0.29) is 0 Å². The molecular weight excluding hydrogens is 213 g/mol. The van der Waals surface area contributed by atoms with Gasteiger partial charge in [-0.2, -0.15) is 5.26 Å². The third-order valence-electron chi connectivity index (χ3n) is 1.19. The van der Waals surface area contributed by atoms with Crippen molar-refractivity contribution in [3.05, 3.63) is 28.2 Å². The first-order chi connectivity index (χ1) is 5.74. The van der Waals surface area contributed by atoms with Crippen molar-refractivity contribution < 1.29 is 0 Å². The van der Waals surface area contributed by atoms with Gasteiger partial charge in [-0.05, 0) is 18.2 Å². The fourth-order valence-electron chi connectivity index (χ4n) is 0.702. The van der Waals surface area contributed by atoms with Crippen LogP contribution in [0.4, 0.5) is 0 Å². The molecule has 0 aliphatic rings. The van der Waals surface area contributed by atoms with Crippen LogP contribution >= 0.6 is 35.0 Å². The second kappa shape index (κ2) is 4.61. The Morgan fingerprint density at radius 3 is 2.75 bits per heavy atom. The molecule has 12 heavy (non-hydrogen) atoms. The molecule has 4 heteroatoms. The molecule has 0 radical (unpaired) electrons. The van der Waals surface area contributed by atoms with Crippen molar-refractivity contribution >= 4 is 35.0 Å². The normalized spacial score (nSPS) is 9.42. The van der Waals surface area contributed by atoms with Crippen LogP contribution in [-0.2, 0) is 0 Å². The molecule has 0 saturated heterocycles. The molecule has 0 unspecified atom stereocenters. The molecule has 0 atom stereocenters. The highest BCUT2D eigenvalue weighted by Gasteiger charge is 2.00. The van der Waals surface area contributed by atoms with Gasteiger partial charge < -0.3 is 0 Å². The van der Waals surface area contributed by atoms with Gasteiger partial charge >= 0.3 is 0 Å². The zero-order chi connectivity index (χ0) is 8.97. The van der Waals surface area contributed by atoms with Crippen LogP contribution in [0.25, 0.3) is 0 Å². The van der Waals surface area contributed by atoms with E-state index in [1.807, 2.05) is 12.1 Å². The number of nitrogens with zero attached hydrogens (tertiary/aromatic N) is 1. The lowest BCUT2D eigenvalue weighted by atomic mass is 10.4. The Hall–Kier alpha value is -0.360. The number of benzene rings is 1. The van der Waals surface area contributed by atoms with Crippen LogP contribution in [-0.4, -0.2) is 5.75 Å². The molecule has 62 valence electrons. The van der Waals surface area contributed by atoms with Crippen molar-refractivity contribution in [3.63, 3.8) is 0 Å². The van der Waals surface area contributed by atoms with Gasteiger partial charge in [0, 0.05) is 9.92 Å². The molecule has 1 rings (SSSR count). The van der Waals surface area contributed by atoms with Gasteiger partial charge in [0.1, 0.15) is 0 Å². The Bertz CT molecular complexity index is 319. The minimum atomic E-state index is 0.404. The Kier molecular flexibility index (Phi) is 3.74. The smallest absolute Gasteiger partial charge is 0.0855 e. The van der Waals surface area contributed by atoms with Gasteiger partial charge in [-0.15, -0.1) is 11.8 Å². The molecule has 0 saturated carbocycles. The predicted octanol–water partition coefficient (Wildman–Crippen LogP) is 3.61. The molecule has 1 aromatic carbocycles. The molecule has 0 aliphatic heterocycles. The minimum absolute atomic E-state index is 0.404. The summed E-state index contributed by atoms with van der Waals surface area (Å²) in [6, 6.07) is 7.27. The molecule has 1 aromatic rings. The highest BCUT2D eigenvalue weighted by atomic mass is 35.5. The largest absolute Gasteiger partial charge is 0.197 e. The average Bonchev–Trinajstić information content (AvgIpc) is 2.03. The average molecular weight is 218 g/mol. The van der Waals surface area contributed by atoms with Gasteiger partial charge in [0.25, 0.3) is 0 Å². The van der Waals surface area contributed by atoms with Gasteiger partial charge in [0.05, 0.1) is 16.8 Å². The van der Waals surface area contributed by atoms with Crippen LogP contribution in [0.3, 0.4) is 0 Å². The third-order valence-corrected chi connectivity index (χ3v) is 2.79. The van der Waals surface area contributed by atoms with Crippen LogP contribution in [0.15, 0.2) is 23.1 Å². The SMILES string of the molecule is N#CCSc1ccc(Cl)cc1Cl. The van der Waals surface area contributed by atoms with Crippen LogP contribution < -0.4 is 0 Å². The van der Waals surface area contributed by atoms with Crippen molar-refractivity contribution in [2.45, 2.75) is 4.90 Å². The van der Waals surface area contributed by atoms with Crippen molar-refractivity contribution in [1.29, 1.82) is 5.26 Å². The quantitative estimate of drug-likeness (QED) is 0.708. The predicted molar refractivity (Wildman–Crippen MR) is 52.8 cm³/mol. The van der Waals surface area contributed by atoms with Crippen molar-refractivity contribution in [3.8, 4) is 6.07 Å². The first kappa shape index (κ1) is 9.73. The highest BCUT2D eigenvalue weighted by molar-refractivity contribution is 7.99. The van der Waals surface area contributed by atoms with Crippen LogP contribution in [0.5, 0.6) is 0 Å². The summed E-state index contributed by atoms with van der Waals surface area (Å²) in [5.74, 6) is 0.404. The molecule has 1 nitrogen and oxygen atoms in total. The molecule has 0 aromatic heterocycles. The standard InChI is InChI=1S/C8H5Cl2NS/c9-6-1-2-8(7(10)5-6)12-4-3-11/h1-2,5H,4H2. The van der Waals surface area contributed by atoms with Gasteiger partial charge in [-0.1, -0.05) is 23.2 Å². The lowest BCUT2D eigenvalue weighted by Gasteiger charge is -2.00. The summed E-state index contributed by atoms with van der Waals surface area (Å²) < 4.78 is 0. The first-order valence-electron chi connectivity index (χ1n) is 3.19. The van der Waals surface area contributed by atoms with Crippen molar-refractivity contribution in [1.82, 2.24) is 0 Å². The number of rotatable bonds is 2. The molecule has 0 amide bonds. The van der Waals surface area contributed by atoms with Crippen LogP contribution in [0, 0.1) is 11.3 Å². The summed E-state index contributed by atoms with van der Waals surface area (Å²) >= 11 is 12.9. The molecule has 0 spiro atoms. The lowest BCUT2D eigenvalue weighted by Crippen LogP contribution is -1.76.